The van der Waals surface area contributed by atoms with E-state index in [1.54, 1.807) is 0 Å². The molecule has 58 valence electrons. The van der Waals surface area contributed by atoms with Gasteiger partial charge in [0, 0.05) is 5.33 Å². The van der Waals surface area contributed by atoms with Crippen LogP contribution >= 0.6 is 15.9 Å². The van der Waals surface area contributed by atoms with Gasteiger partial charge in [-0.1, -0.05) is 58.9 Å². The molecule has 1 aromatic carbocycles. The van der Waals surface area contributed by atoms with Gasteiger partial charge in [-0.2, -0.15) is 0 Å². The van der Waals surface area contributed by atoms with Crippen molar-refractivity contribution in [3.05, 3.63) is 35.4 Å². The molecule has 0 spiro atoms. The first-order chi connectivity index (χ1) is 5.36. The first-order valence-corrected chi connectivity index (χ1v) is 5.12. The number of rotatable bonds is 3. The summed E-state index contributed by atoms with van der Waals surface area (Å²) in [4.78, 5) is 0. The molecule has 2 heteroatoms. The maximum atomic E-state index is 3.42. The van der Waals surface area contributed by atoms with E-state index in [0.717, 1.165) is 5.33 Å². The molecule has 0 saturated heterocycles. The minimum absolute atomic E-state index is 0.958. The maximum Gasteiger partial charge on any atom is 0.122 e. The molecule has 0 saturated carbocycles. The number of hydrogen-bond donors (Lipinski definition) is 0. The molecule has 0 fully saturated rings. The van der Waals surface area contributed by atoms with Gasteiger partial charge in [-0.25, -0.2) is 0 Å². The molecule has 0 heterocycles. The minimum Gasteiger partial charge on any atom is -0.0891 e. The fraction of sp³-hybridized carbons (Fsp3) is 0.333. The van der Waals surface area contributed by atoms with E-state index in [2.05, 4.69) is 47.0 Å². The van der Waals surface area contributed by atoms with E-state index in [4.69, 9.17) is 0 Å². The smallest absolute Gasteiger partial charge is 0.0891 e. The third-order valence-corrected chi connectivity index (χ3v) is 2.36. The molecule has 1 aromatic rings. The lowest BCUT2D eigenvalue weighted by atomic mass is 9.75. The molecule has 0 aromatic heterocycles. The molecule has 0 amide bonds. The predicted octanol–water partition coefficient (Wildman–Crippen LogP) is 2.57. The molecule has 0 atom stereocenters. The lowest BCUT2D eigenvalue weighted by Gasteiger charge is -1.98. The van der Waals surface area contributed by atoms with Crippen molar-refractivity contribution in [3.63, 3.8) is 0 Å². The third-order valence-electron chi connectivity index (χ3n) is 1.72. The summed E-state index contributed by atoms with van der Waals surface area (Å²) in [6.45, 7) is 2.21. The molecule has 11 heavy (non-hydrogen) atoms. The highest BCUT2D eigenvalue weighted by molar-refractivity contribution is 9.08. The Labute approximate surface area is 77.4 Å². The Morgan fingerprint density at radius 3 is 2.18 bits per heavy atom. The van der Waals surface area contributed by atoms with E-state index >= 15 is 0 Å². The van der Waals surface area contributed by atoms with Gasteiger partial charge in [-0.05, 0) is 5.56 Å². The molecule has 0 aliphatic carbocycles. The second-order valence-electron chi connectivity index (χ2n) is 2.70. The zero-order valence-corrected chi connectivity index (χ0v) is 8.39. The quantitative estimate of drug-likeness (QED) is 0.532. The van der Waals surface area contributed by atoms with Gasteiger partial charge in [0.05, 0.1) is 0 Å². The second kappa shape index (κ2) is 4.60. The zero-order valence-electron chi connectivity index (χ0n) is 6.81. The maximum absolute atomic E-state index is 3.42. The van der Waals surface area contributed by atoms with Crippen LogP contribution < -0.4 is 0 Å². The van der Waals surface area contributed by atoms with Crippen LogP contribution in [0.5, 0.6) is 0 Å². The van der Waals surface area contributed by atoms with Crippen molar-refractivity contribution in [3.8, 4) is 0 Å². The van der Waals surface area contributed by atoms with Crippen molar-refractivity contribution < 1.29 is 0 Å². The van der Waals surface area contributed by atoms with Gasteiger partial charge in [-0.3, -0.25) is 0 Å². The van der Waals surface area contributed by atoms with Crippen LogP contribution in [0.2, 0.25) is 6.82 Å². The van der Waals surface area contributed by atoms with Crippen molar-refractivity contribution in [2.75, 3.05) is 0 Å². The second-order valence-corrected chi connectivity index (χ2v) is 3.26. The summed E-state index contributed by atoms with van der Waals surface area (Å²) in [5.74, 6) is 0. The van der Waals surface area contributed by atoms with Crippen LogP contribution in [-0.2, 0) is 11.7 Å². The average Bonchev–Trinajstić information content (AvgIpc) is 2.07. The van der Waals surface area contributed by atoms with E-state index in [-0.39, 0.29) is 0 Å². The summed E-state index contributed by atoms with van der Waals surface area (Å²) in [6, 6.07) is 8.78. The summed E-state index contributed by atoms with van der Waals surface area (Å²) in [7, 11) is 1.23. The highest BCUT2D eigenvalue weighted by Gasteiger charge is 1.91. The van der Waals surface area contributed by atoms with Gasteiger partial charge in [0.2, 0.25) is 0 Å². The predicted molar refractivity (Wildman–Crippen MR) is 55.8 cm³/mol. The molecule has 0 nitrogen and oxygen atoms in total. The lowest BCUT2D eigenvalue weighted by molar-refractivity contribution is 1.33. The molecule has 0 unspecified atom stereocenters. The monoisotopic (exact) mass is 210 g/mol. The number of hydrogen-bond acceptors (Lipinski definition) is 0. The zero-order chi connectivity index (χ0) is 8.10. The first kappa shape index (κ1) is 8.86. The third kappa shape index (κ3) is 2.70. The minimum atomic E-state index is 0.958. The van der Waals surface area contributed by atoms with Crippen LogP contribution in [0.25, 0.3) is 0 Å². The largest absolute Gasteiger partial charge is 0.122 e. The van der Waals surface area contributed by atoms with Gasteiger partial charge in [0.25, 0.3) is 0 Å². The highest BCUT2D eigenvalue weighted by atomic mass is 79.9. The van der Waals surface area contributed by atoms with Crippen LogP contribution in [0.15, 0.2) is 24.3 Å². The SMILES string of the molecule is CBCc1ccc(CBr)cc1. The van der Waals surface area contributed by atoms with E-state index in [1.807, 2.05) is 0 Å². The van der Waals surface area contributed by atoms with Crippen molar-refractivity contribution in [1.29, 1.82) is 0 Å². The van der Waals surface area contributed by atoms with Gasteiger partial charge in [-0.15, -0.1) is 0 Å². The number of halogens is 1. The summed E-state index contributed by atoms with van der Waals surface area (Å²) in [6.07, 6.45) is 1.20. The molecule has 0 N–H and O–H groups in total. The van der Waals surface area contributed by atoms with Crippen LogP contribution in [0, 0.1) is 0 Å². The average molecular weight is 211 g/mol. The number of alkyl halides is 1. The van der Waals surface area contributed by atoms with Gasteiger partial charge < -0.3 is 0 Å². The van der Waals surface area contributed by atoms with E-state index in [1.165, 1.54) is 24.7 Å². The van der Waals surface area contributed by atoms with Crippen LogP contribution in [0.4, 0.5) is 0 Å². The Bertz CT molecular complexity index is 205. The highest BCUT2D eigenvalue weighted by Crippen LogP contribution is 2.07. The van der Waals surface area contributed by atoms with Crippen molar-refractivity contribution >= 4 is 23.2 Å². The molecule has 1 rings (SSSR count). The molecular weight excluding hydrogens is 199 g/mol. The Balaban J connectivity index is 2.66. The molecule has 0 bridgehead atoms. The molecule has 0 radical (unpaired) electrons. The fourth-order valence-electron chi connectivity index (χ4n) is 1.08. The fourth-order valence-corrected chi connectivity index (χ4v) is 1.46. The van der Waals surface area contributed by atoms with Crippen molar-refractivity contribution in [2.45, 2.75) is 18.5 Å². The Morgan fingerprint density at radius 2 is 1.73 bits per heavy atom. The number of benzene rings is 1. The van der Waals surface area contributed by atoms with Crippen molar-refractivity contribution in [1.82, 2.24) is 0 Å². The molecule has 0 aliphatic rings. The van der Waals surface area contributed by atoms with Crippen LogP contribution in [0.3, 0.4) is 0 Å². The van der Waals surface area contributed by atoms with Crippen LogP contribution in [0.1, 0.15) is 11.1 Å². The van der Waals surface area contributed by atoms with E-state index in [9.17, 15) is 0 Å². The summed E-state index contributed by atoms with van der Waals surface area (Å²) < 4.78 is 0. The van der Waals surface area contributed by atoms with E-state index in [0.29, 0.717) is 0 Å². The standard InChI is InChI=1S/C9H12BBr/c1-10-6-8-2-4-9(7-11)5-3-8/h2-5,10H,6-7H2,1H3. The van der Waals surface area contributed by atoms with Crippen molar-refractivity contribution in [2.24, 2.45) is 0 Å². The summed E-state index contributed by atoms with van der Waals surface area (Å²) in [5.41, 5.74) is 2.79. The Hall–Kier alpha value is -0.235. The topological polar surface area (TPSA) is 0 Å². The molecular formula is C9H12BBr. The Kier molecular flexibility index (Phi) is 3.71. The van der Waals surface area contributed by atoms with E-state index < -0.39 is 0 Å². The first-order valence-electron chi connectivity index (χ1n) is 4.00. The Morgan fingerprint density at radius 1 is 1.18 bits per heavy atom. The lowest BCUT2D eigenvalue weighted by Crippen LogP contribution is -1.90. The van der Waals surface area contributed by atoms with Crippen LogP contribution in [-0.4, -0.2) is 7.28 Å². The van der Waals surface area contributed by atoms with Gasteiger partial charge >= 0.3 is 0 Å². The molecule has 0 aliphatic heterocycles. The summed E-state index contributed by atoms with van der Waals surface area (Å²) in [5, 5.41) is 0.958. The normalized spacial score (nSPS) is 9.64. The van der Waals surface area contributed by atoms with Gasteiger partial charge in [0.15, 0.2) is 0 Å². The van der Waals surface area contributed by atoms with Gasteiger partial charge in [0.1, 0.15) is 7.28 Å². The summed E-state index contributed by atoms with van der Waals surface area (Å²) >= 11 is 3.42.